The van der Waals surface area contributed by atoms with Gasteiger partial charge in [0.15, 0.2) is 0 Å². The molecule has 1 amide bonds. The lowest BCUT2D eigenvalue weighted by atomic mass is 10.1. The molecule has 0 aliphatic carbocycles. The molecule has 1 aromatic rings. The van der Waals surface area contributed by atoms with E-state index in [9.17, 15) is 9.18 Å². The zero-order valence-corrected chi connectivity index (χ0v) is 11.2. The molecule has 1 aliphatic rings. The van der Waals surface area contributed by atoms with Crippen molar-refractivity contribution in [3.05, 3.63) is 34.6 Å². The van der Waals surface area contributed by atoms with Crippen molar-refractivity contribution in [3.8, 4) is 6.07 Å². The molecule has 1 heterocycles. The fraction of sp³-hybridized carbons (Fsp3) is 0.429. The van der Waals surface area contributed by atoms with Crippen molar-refractivity contribution in [1.29, 1.82) is 5.26 Å². The van der Waals surface area contributed by atoms with Crippen LogP contribution in [0, 0.1) is 17.1 Å². The monoisotopic (exact) mass is 262 g/mol. The van der Waals surface area contributed by atoms with Crippen molar-refractivity contribution in [2.75, 3.05) is 0 Å². The molecule has 100 valence electrons. The summed E-state index contributed by atoms with van der Waals surface area (Å²) < 4.78 is 19.0. The van der Waals surface area contributed by atoms with Crippen LogP contribution in [0.15, 0.2) is 12.1 Å². The van der Waals surface area contributed by atoms with Gasteiger partial charge in [0, 0.05) is 12.1 Å². The minimum atomic E-state index is -0.581. The number of hydrogen-bond acceptors (Lipinski definition) is 3. The Morgan fingerprint density at radius 3 is 2.68 bits per heavy atom. The summed E-state index contributed by atoms with van der Waals surface area (Å²) in [5.74, 6) is -0.444. The first-order valence-electron chi connectivity index (χ1n) is 5.99. The van der Waals surface area contributed by atoms with E-state index in [1.807, 2.05) is 6.07 Å². The number of carbonyl (C=O) groups excluding carboxylic acids is 1. The Bertz CT molecular complexity index is 570. The van der Waals surface area contributed by atoms with Crippen LogP contribution in [0.1, 0.15) is 37.5 Å². The molecule has 0 fully saturated rings. The molecule has 0 radical (unpaired) electrons. The van der Waals surface area contributed by atoms with E-state index in [1.54, 1.807) is 26.8 Å². The van der Waals surface area contributed by atoms with Crippen LogP contribution in [-0.4, -0.2) is 16.6 Å². The first-order chi connectivity index (χ1) is 8.80. The Morgan fingerprint density at radius 1 is 1.42 bits per heavy atom. The molecule has 0 saturated carbocycles. The van der Waals surface area contributed by atoms with Gasteiger partial charge in [-0.3, -0.25) is 4.90 Å². The maximum Gasteiger partial charge on any atom is 0.410 e. The summed E-state index contributed by atoms with van der Waals surface area (Å²) in [7, 11) is 0. The molecule has 1 aromatic carbocycles. The zero-order valence-electron chi connectivity index (χ0n) is 11.2. The van der Waals surface area contributed by atoms with Gasteiger partial charge >= 0.3 is 6.09 Å². The smallest absolute Gasteiger partial charge is 0.410 e. The van der Waals surface area contributed by atoms with Gasteiger partial charge in [-0.25, -0.2) is 9.18 Å². The van der Waals surface area contributed by atoms with Crippen molar-refractivity contribution >= 4 is 6.09 Å². The summed E-state index contributed by atoms with van der Waals surface area (Å²) in [4.78, 5) is 13.3. The number of fused-ring (bicyclic) bond motifs is 1. The third kappa shape index (κ3) is 2.84. The van der Waals surface area contributed by atoms with E-state index < -0.39 is 17.5 Å². The minimum Gasteiger partial charge on any atom is -0.444 e. The van der Waals surface area contributed by atoms with Gasteiger partial charge in [0.25, 0.3) is 0 Å². The summed E-state index contributed by atoms with van der Waals surface area (Å²) in [5, 5.41) is 8.80. The third-order valence-corrected chi connectivity index (χ3v) is 2.78. The van der Waals surface area contributed by atoms with Gasteiger partial charge in [0.05, 0.1) is 18.2 Å². The lowest BCUT2D eigenvalue weighted by Crippen LogP contribution is -2.33. The van der Waals surface area contributed by atoms with Crippen molar-refractivity contribution in [1.82, 2.24) is 4.90 Å². The number of nitrogens with zero attached hydrogens (tertiary/aromatic N) is 2. The van der Waals surface area contributed by atoms with Gasteiger partial charge in [-0.1, -0.05) is 0 Å². The standard InChI is InChI=1S/C14H15FN2O2/c1-14(2,3)19-13(18)17-7-10-4-9(6-16)5-12(15)11(10)8-17/h4-5H,7-8H2,1-3H3. The third-order valence-electron chi connectivity index (χ3n) is 2.78. The van der Waals surface area contributed by atoms with Crippen molar-refractivity contribution in [3.63, 3.8) is 0 Å². The predicted molar refractivity (Wildman–Crippen MR) is 66.6 cm³/mol. The summed E-state index contributed by atoms with van der Waals surface area (Å²) >= 11 is 0. The van der Waals surface area contributed by atoms with E-state index in [2.05, 4.69) is 0 Å². The van der Waals surface area contributed by atoms with Crippen LogP contribution >= 0.6 is 0 Å². The van der Waals surface area contributed by atoms with Crippen LogP contribution in [0.5, 0.6) is 0 Å². The van der Waals surface area contributed by atoms with Crippen LogP contribution in [0.2, 0.25) is 0 Å². The van der Waals surface area contributed by atoms with E-state index in [1.165, 1.54) is 11.0 Å². The zero-order chi connectivity index (χ0) is 14.2. The highest BCUT2D eigenvalue weighted by atomic mass is 19.1. The number of carbonyl (C=O) groups is 1. The lowest BCUT2D eigenvalue weighted by molar-refractivity contribution is 0.0241. The van der Waals surface area contributed by atoms with Crippen LogP contribution in [-0.2, 0) is 17.8 Å². The Morgan fingerprint density at radius 2 is 2.11 bits per heavy atom. The SMILES string of the molecule is CC(C)(C)OC(=O)N1Cc2cc(C#N)cc(F)c2C1. The molecule has 0 saturated heterocycles. The van der Waals surface area contributed by atoms with E-state index >= 15 is 0 Å². The van der Waals surface area contributed by atoms with E-state index in [-0.39, 0.29) is 18.7 Å². The number of rotatable bonds is 0. The predicted octanol–water partition coefficient (Wildman–Crippen LogP) is 2.95. The molecule has 0 N–H and O–H groups in total. The summed E-state index contributed by atoms with van der Waals surface area (Å²) in [5.41, 5.74) is 0.817. The normalized spacial score (nSPS) is 13.9. The maximum absolute atomic E-state index is 13.8. The second kappa shape index (κ2) is 4.54. The number of benzene rings is 1. The Hall–Kier alpha value is -2.09. The van der Waals surface area contributed by atoms with Crippen LogP contribution in [0.4, 0.5) is 9.18 Å². The quantitative estimate of drug-likeness (QED) is 0.722. The molecule has 2 rings (SSSR count). The lowest BCUT2D eigenvalue weighted by Gasteiger charge is -2.24. The first-order valence-corrected chi connectivity index (χ1v) is 5.99. The fourth-order valence-corrected chi connectivity index (χ4v) is 1.98. The topological polar surface area (TPSA) is 53.3 Å². The molecular formula is C14H15FN2O2. The highest BCUT2D eigenvalue weighted by Crippen LogP contribution is 2.27. The largest absolute Gasteiger partial charge is 0.444 e. The average molecular weight is 262 g/mol. The second-order valence-corrected chi connectivity index (χ2v) is 5.54. The molecule has 0 aromatic heterocycles. The summed E-state index contributed by atoms with van der Waals surface area (Å²) in [6, 6.07) is 4.71. The number of halogens is 1. The van der Waals surface area contributed by atoms with Crippen LogP contribution < -0.4 is 0 Å². The highest BCUT2D eigenvalue weighted by Gasteiger charge is 2.29. The second-order valence-electron chi connectivity index (χ2n) is 5.54. The van der Waals surface area contributed by atoms with Gasteiger partial charge in [0.2, 0.25) is 0 Å². The Balaban J connectivity index is 2.19. The van der Waals surface area contributed by atoms with E-state index in [0.717, 1.165) is 0 Å². The Kier molecular flexibility index (Phi) is 3.19. The van der Waals surface area contributed by atoms with E-state index in [4.69, 9.17) is 10.00 Å². The molecule has 19 heavy (non-hydrogen) atoms. The molecule has 5 heteroatoms. The minimum absolute atomic E-state index is 0.182. The van der Waals surface area contributed by atoms with Crippen LogP contribution in [0.3, 0.4) is 0 Å². The molecule has 0 bridgehead atoms. The molecule has 4 nitrogen and oxygen atoms in total. The number of ether oxygens (including phenoxy) is 1. The number of amides is 1. The van der Waals surface area contributed by atoms with E-state index in [0.29, 0.717) is 11.1 Å². The molecule has 0 unspecified atom stereocenters. The van der Waals surface area contributed by atoms with Crippen molar-refractivity contribution in [2.45, 2.75) is 39.5 Å². The number of hydrogen-bond donors (Lipinski definition) is 0. The van der Waals surface area contributed by atoms with Gasteiger partial charge < -0.3 is 4.74 Å². The first kappa shape index (κ1) is 13.3. The highest BCUT2D eigenvalue weighted by molar-refractivity contribution is 5.69. The van der Waals surface area contributed by atoms with Gasteiger partial charge in [-0.05, 0) is 38.5 Å². The molecule has 1 aliphatic heterocycles. The van der Waals surface area contributed by atoms with Crippen molar-refractivity contribution in [2.24, 2.45) is 0 Å². The average Bonchev–Trinajstić information content (AvgIpc) is 2.71. The summed E-state index contributed by atoms with van der Waals surface area (Å²) in [6.07, 6.45) is -0.471. The van der Waals surface area contributed by atoms with Gasteiger partial charge in [-0.2, -0.15) is 5.26 Å². The summed E-state index contributed by atoms with van der Waals surface area (Å²) in [6.45, 7) is 5.80. The van der Waals surface area contributed by atoms with Crippen molar-refractivity contribution < 1.29 is 13.9 Å². The molecule has 0 spiro atoms. The fourth-order valence-electron chi connectivity index (χ4n) is 1.98. The van der Waals surface area contributed by atoms with Gasteiger partial charge in [0.1, 0.15) is 11.4 Å². The maximum atomic E-state index is 13.8. The Labute approximate surface area is 111 Å². The molecule has 0 atom stereocenters. The van der Waals surface area contributed by atoms with Gasteiger partial charge in [-0.15, -0.1) is 0 Å². The van der Waals surface area contributed by atoms with Crippen LogP contribution in [0.25, 0.3) is 0 Å². The molecular weight excluding hydrogens is 247 g/mol. The number of nitriles is 1.